The second-order valence-electron chi connectivity index (χ2n) is 4.70. The highest BCUT2D eigenvalue weighted by Gasteiger charge is 2.18. The van der Waals surface area contributed by atoms with Crippen molar-refractivity contribution in [3.8, 4) is 0 Å². The number of carbonyl (C=O) groups excluding carboxylic acids is 1. The van der Waals surface area contributed by atoms with Gasteiger partial charge in [0.25, 0.3) is 5.91 Å². The Balaban J connectivity index is 1.97. The first-order chi connectivity index (χ1) is 8.18. The fourth-order valence-electron chi connectivity index (χ4n) is 2.20. The summed E-state index contributed by atoms with van der Waals surface area (Å²) >= 11 is 0. The standard InChI is InChI=1S/C14H19NO2/c1-10-6-5-9-13(11(10)2)14(16)15-17-12-7-3-4-8-12/h5-6,9,12H,3-4,7-8H2,1-2H3,(H,15,16). The van der Waals surface area contributed by atoms with E-state index in [4.69, 9.17) is 4.84 Å². The van der Waals surface area contributed by atoms with Crippen LogP contribution in [0.4, 0.5) is 0 Å². The van der Waals surface area contributed by atoms with Gasteiger partial charge in [-0.1, -0.05) is 25.0 Å². The Labute approximate surface area is 102 Å². The van der Waals surface area contributed by atoms with Crippen molar-refractivity contribution in [3.63, 3.8) is 0 Å². The number of hydroxylamine groups is 1. The molecule has 1 N–H and O–H groups in total. The van der Waals surface area contributed by atoms with Crippen LogP contribution in [0.15, 0.2) is 18.2 Å². The van der Waals surface area contributed by atoms with Gasteiger partial charge >= 0.3 is 0 Å². The van der Waals surface area contributed by atoms with Gasteiger partial charge in [-0.25, -0.2) is 5.48 Å². The van der Waals surface area contributed by atoms with Crippen molar-refractivity contribution in [2.24, 2.45) is 0 Å². The monoisotopic (exact) mass is 233 g/mol. The number of amides is 1. The Morgan fingerprint density at radius 2 is 2.00 bits per heavy atom. The number of nitrogens with one attached hydrogen (secondary N) is 1. The molecule has 1 aliphatic carbocycles. The topological polar surface area (TPSA) is 38.3 Å². The van der Waals surface area contributed by atoms with Gasteiger partial charge in [-0.05, 0) is 43.9 Å². The fraction of sp³-hybridized carbons (Fsp3) is 0.500. The summed E-state index contributed by atoms with van der Waals surface area (Å²) in [5.74, 6) is -0.141. The summed E-state index contributed by atoms with van der Waals surface area (Å²) in [7, 11) is 0. The zero-order valence-electron chi connectivity index (χ0n) is 10.5. The highest BCUT2D eigenvalue weighted by Crippen LogP contribution is 2.20. The third kappa shape index (κ3) is 2.86. The van der Waals surface area contributed by atoms with Crippen LogP contribution in [0.5, 0.6) is 0 Å². The predicted molar refractivity (Wildman–Crippen MR) is 66.7 cm³/mol. The molecular weight excluding hydrogens is 214 g/mol. The molecule has 0 aliphatic heterocycles. The van der Waals surface area contributed by atoms with E-state index in [0.29, 0.717) is 5.56 Å². The minimum Gasteiger partial charge on any atom is -0.270 e. The second-order valence-corrected chi connectivity index (χ2v) is 4.70. The molecule has 0 unspecified atom stereocenters. The van der Waals surface area contributed by atoms with Gasteiger partial charge in [-0.2, -0.15) is 0 Å². The Morgan fingerprint density at radius 1 is 1.29 bits per heavy atom. The molecular formula is C14H19NO2. The number of carbonyl (C=O) groups is 1. The van der Waals surface area contributed by atoms with Crippen LogP contribution in [-0.4, -0.2) is 12.0 Å². The van der Waals surface area contributed by atoms with Crippen LogP contribution in [0.25, 0.3) is 0 Å². The number of rotatable bonds is 3. The van der Waals surface area contributed by atoms with Crippen molar-refractivity contribution in [1.82, 2.24) is 5.48 Å². The summed E-state index contributed by atoms with van der Waals surface area (Å²) in [6.45, 7) is 3.96. The molecule has 0 heterocycles. The van der Waals surface area contributed by atoms with Gasteiger partial charge in [-0.15, -0.1) is 0 Å². The Hall–Kier alpha value is -1.35. The van der Waals surface area contributed by atoms with Gasteiger partial charge in [0.1, 0.15) is 0 Å². The zero-order chi connectivity index (χ0) is 12.3. The molecule has 1 fully saturated rings. The Kier molecular flexibility index (Phi) is 3.79. The highest BCUT2D eigenvalue weighted by atomic mass is 16.7. The molecule has 17 heavy (non-hydrogen) atoms. The maximum Gasteiger partial charge on any atom is 0.275 e. The molecule has 0 radical (unpaired) electrons. The number of hydrogen-bond acceptors (Lipinski definition) is 2. The molecule has 0 bridgehead atoms. The average Bonchev–Trinajstić information content (AvgIpc) is 2.82. The van der Waals surface area contributed by atoms with Crippen LogP contribution in [0, 0.1) is 13.8 Å². The molecule has 92 valence electrons. The Morgan fingerprint density at radius 3 is 2.71 bits per heavy atom. The molecule has 1 amide bonds. The second kappa shape index (κ2) is 5.32. The summed E-state index contributed by atoms with van der Waals surface area (Å²) in [5, 5.41) is 0. The van der Waals surface area contributed by atoms with E-state index in [1.165, 1.54) is 12.8 Å². The minimum absolute atomic E-state index is 0.141. The largest absolute Gasteiger partial charge is 0.275 e. The van der Waals surface area contributed by atoms with Crippen LogP contribution < -0.4 is 5.48 Å². The van der Waals surface area contributed by atoms with Gasteiger partial charge < -0.3 is 0 Å². The van der Waals surface area contributed by atoms with Crippen LogP contribution in [-0.2, 0) is 4.84 Å². The van der Waals surface area contributed by atoms with E-state index in [2.05, 4.69) is 5.48 Å². The summed E-state index contributed by atoms with van der Waals surface area (Å²) in [4.78, 5) is 17.4. The lowest BCUT2D eigenvalue weighted by Gasteiger charge is -2.13. The minimum atomic E-state index is -0.141. The first-order valence-corrected chi connectivity index (χ1v) is 6.20. The fourth-order valence-corrected chi connectivity index (χ4v) is 2.20. The molecule has 1 aromatic carbocycles. The van der Waals surface area contributed by atoms with Crippen LogP contribution in [0.1, 0.15) is 47.2 Å². The van der Waals surface area contributed by atoms with Gasteiger partial charge in [0.05, 0.1) is 6.10 Å². The summed E-state index contributed by atoms with van der Waals surface area (Å²) in [5.41, 5.74) is 5.40. The third-order valence-electron chi connectivity index (χ3n) is 3.47. The normalized spacial score (nSPS) is 16.1. The van der Waals surface area contributed by atoms with Crippen molar-refractivity contribution < 1.29 is 9.63 Å². The highest BCUT2D eigenvalue weighted by molar-refractivity contribution is 5.95. The maximum absolute atomic E-state index is 11.9. The number of aryl methyl sites for hydroxylation is 1. The molecule has 0 saturated heterocycles. The lowest BCUT2D eigenvalue weighted by atomic mass is 10.0. The molecule has 0 spiro atoms. The first kappa shape index (κ1) is 12.1. The van der Waals surface area contributed by atoms with Crippen molar-refractivity contribution in [3.05, 3.63) is 34.9 Å². The zero-order valence-corrected chi connectivity index (χ0v) is 10.5. The molecule has 3 nitrogen and oxygen atoms in total. The average molecular weight is 233 g/mol. The van der Waals surface area contributed by atoms with Gasteiger partial charge in [0, 0.05) is 5.56 Å². The number of hydrogen-bond donors (Lipinski definition) is 1. The van der Waals surface area contributed by atoms with E-state index in [0.717, 1.165) is 24.0 Å². The first-order valence-electron chi connectivity index (χ1n) is 6.20. The van der Waals surface area contributed by atoms with Crippen LogP contribution >= 0.6 is 0 Å². The van der Waals surface area contributed by atoms with Crippen molar-refractivity contribution in [2.75, 3.05) is 0 Å². The molecule has 2 rings (SSSR count). The molecule has 3 heteroatoms. The summed E-state index contributed by atoms with van der Waals surface area (Å²) < 4.78 is 0. The van der Waals surface area contributed by atoms with Gasteiger partial charge in [-0.3, -0.25) is 9.63 Å². The van der Waals surface area contributed by atoms with E-state index in [9.17, 15) is 4.79 Å². The van der Waals surface area contributed by atoms with Crippen molar-refractivity contribution in [2.45, 2.75) is 45.6 Å². The third-order valence-corrected chi connectivity index (χ3v) is 3.47. The quantitative estimate of drug-likeness (QED) is 0.815. The summed E-state index contributed by atoms with van der Waals surface area (Å²) in [6, 6.07) is 5.73. The van der Waals surface area contributed by atoms with Crippen LogP contribution in [0.3, 0.4) is 0 Å². The van der Waals surface area contributed by atoms with Crippen LogP contribution in [0.2, 0.25) is 0 Å². The molecule has 1 saturated carbocycles. The predicted octanol–water partition coefficient (Wildman–Crippen LogP) is 2.91. The number of benzene rings is 1. The molecule has 0 aromatic heterocycles. The van der Waals surface area contributed by atoms with Crippen molar-refractivity contribution in [1.29, 1.82) is 0 Å². The SMILES string of the molecule is Cc1cccc(C(=O)NOC2CCCC2)c1C. The smallest absolute Gasteiger partial charge is 0.270 e. The van der Waals surface area contributed by atoms with Gasteiger partial charge in [0.15, 0.2) is 0 Å². The van der Waals surface area contributed by atoms with E-state index in [1.807, 2.05) is 32.0 Å². The van der Waals surface area contributed by atoms with E-state index >= 15 is 0 Å². The molecule has 0 atom stereocenters. The van der Waals surface area contributed by atoms with Gasteiger partial charge in [0.2, 0.25) is 0 Å². The lowest BCUT2D eigenvalue weighted by molar-refractivity contribution is -0.0125. The van der Waals surface area contributed by atoms with E-state index < -0.39 is 0 Å². The molecule has 1 aromatic rings. The van der Waals surface area contributed by atoms with Crippen molar-refractivity contribution >= 4 is 5.91 Å². The lowest BCUT2D eigenvalue weighted by Crippen LogP contribution is -2.28. The van der Waals surface area contributed by atoms with E-state index in [-0.39, 0.29) is 12.0 Å². The molecule has 1 aliphatic rings. The summed E-state index contributed by atoms with van der Waals surface area (Å²) in [6.07, 6.45) is 4.69. The van der Waals surface area contributed by atoms with E-state index in [1.54, 1.807) is 0 Å². The Bertz CT molecular complexity index is 409. The maximum atomic E-state index is 11.9.